The minimum absolute atomic E-state index is 0.0167. The summed E-state index contributed by atoms with van der Waals surface area (Å²) in [5.74, 6) is 5.49. The monoisotopic (exact) mass is 208 g/mol. The Morgan fingerprint density at radius 3 is 2.73 bits per heavy atom. The first-order chi connectivity index (χ1) is 7.16. The zero-order valence-electron chi connectivity index (χ0n) is 9.12. The van der Waals surface area contributed by atoms with Crippen molar-refractivity contribution in [3.05, 3.63) is 23.8 Å². The van der Waals surface area contributed by atoms with Gasteiger partial charge in [-0.2, -0.15) is 0 Å². The summed E-state index contributed by atoms with van der Waals surface area (Å²) in [5.41, 5.74) is 0.853. The molecule has 0 aromatic carbocycles. The lowest BCUT2D eigenvalue weighted by Crippen LogP contribution is -1.97. The van der Waals surface area contributed by atoms with Crippen molar-refractivity contribution < 1.29 is 14.6 Å². The Morgan fingerprint density at radius 1 is 1.40 bits per heavy atom. The van der Waals surface area contributed by atoms with Gasteiger partial charge in [0.2, 0.25) is 0 Å². The van der Waals surface area contributed by atoms with Crippen molar-refractivity contribution in [2.45, 2.75) is 20.3 Å². The molecule has 1 N–H and O–H groups in total. The Morgan fingerprint density at radius 2 is 2.13 bits per heavy atom. The van der Waals surface area contributed by atoms with Gasteiger partial charge in [0.05, 0.1) is 6.61 Å². The minimum Gasteiger partial charge on any atom is -0.462 e. The zero-order valence-corrected chi connectivity index (χ0v) is 9.12. The van der Waals surface area contributed by atoms with E-state index >= 15 is 0 Å². The van der Waals surface area contributed by atoms with Gasteiger partial charge >= 0.3 is 5.97 Å². The van der Waals surface area contributed by atoms with Crippen molar-refractivity contribution in [3.63, 3.8) is 0 Å². The average Bonchev–Trinajstić information content (AvgIpc) is 2.16. The number of rotatable bonds is 4. The van der Waals surface area contributed by atoms with E-state index in [1.165, 1.54) is 6.92 Å². The van der Waals surface area contributed by atoms with Crippen LogP contribution in [0.5, 0.6) is 0 Å². The third-order valence-corrected chi connectivity index (χ3v) is 1.45. The summed E-state index contributed by atoms with van der Waals surface area (Å²) >= 11 is 0. The largest absolute Gasteiger partial charge is 0.462 e. The van der Waals surface area contributed by atoms with E-state index in [4.69, 9.17) is 5.11 Å². The molecule has 0 rings (SSSR count). The fraction of sp³-hybridized carbons (Fsp3) is 0.417. The lowest BCUT2D eigenvalue weighted by atomic mass is 10.2. The molecule has 0 fully saturated rings. The molecule has 0 heterocycles. The summed E-state index contributed by atoms with van der Waals surface area (Å²) < 4.78 is 4.69. The third kappa shape index (κ3) is 10.4. The molecule has 0 amide bonds. The molecule has 0 bridgehead atoms. The number of esters is 1. The van der Waals surface area contributed by atoms with Crippen molar-refractivity contribution in [1.82, 2.24) is 0 Å². The number of aliphatic hydroxyl groups excluding tert-OH is 1. The first-order valence-electron chi connectivity index (χ1n) is 4.71. The molecule has 15 heavy (non-hydrogen) atoms. The first-order valence-corrected chi connectivity index (χ1v) is 4.71. The number of carbonyl (C=O) groups is 1. The number of aliphatic hydroxyl groups is 1. The molecular weight excluding hydrogens is 192 g/mol. The topological polar surface area (TPSA) is 46.5 Å². The van der Waals surface area contributed by atoms with Crippen LogP contribution >= 0.6 is 0 Å². The quantitative estimate of drug-likeness (QED) is 0.432. The van der Waals surface area contributed by atoms with Gasteiger partial charge in [0.1, 0.15) is 6.61 Å². The molecule has 3 heteroatoms. The van der Waals surface area contributed by atoms with Gasteiger partial charge in [-0.25, -0.2) is 0 Å². The lowest BCUT2D eigenvalue weighted by Gasteiger charge is -1.92. The second kappa shape index (κ2) is 9.04. The molecule has 3 nitrogen and oxygen atoms in total. The summed E-state index contributed by atoms with van der Waals surface area (Å²) in [7, 11) is 0. The van der Waals surface area contributed by atoms with E-state index in [0.717, 1.165) is 5.57 Å². The number of carbonyl (C=O) groups excluding carboxylic acids is 1. The molecule has 0 saturated carbocycles. The second-order valence-electron chi connectivity index (χ2n) is 2.85. The molecule has 0 spiro atoms. The highest BCUT2D eigenvalue weighted by Crippen LogP contribution is 1.89. The van der Waals surface area contributed by atoms with Crippen LogP contribution in [0.1, 0.15) is 20.3 Å². The maximum Gasteiger partial charge on any atom is 0.302 e. The molecule has 0 aliphatic rings. The van der Waals surface area contributed by atoms with Gasteiger partial charge < -0.3 is 9.84 Å². The lowest BCUT2D eigenvalue weighted by molar-refractivity contribution is -0.139. The average molecular weight is 208 g/mol. The van der Waals surface area contributed by atoms with Gasteiger partial charge in [-0.15, -0.1) is 0 Å². The number of hydrogen-bond donors (Lipinski definition) is 1. The van der Waals surface area contributed by atoms with Crippen LogP contribution in [0.15, 0.2) is 23.8 Å². The van der Waals surface area contributed by atoms with E-state index in [9.17, 15) is 4.79 Å². The summed E-state index contributed by atoms with van der Waals surface area (Å²) in [6.45, 7) is 3.52. The third-order valence-electron chi connectivity index (χ3n) is 1.45. The fourth-order valence-corrected chi connectivity index (χ4v) is 0.754. The van der Waals surface area contributed by atoms with Crippen molar-refractivity contribution in [2.75, 3.05) is 13.2 Å². The first kappa shape index (κ1) is 13.5. The SMILES string of the molecule is CC(=O)OCC=CCC#CC(C)=CCO. The highest BCUT2D eigenvalue weighted by molar-refractivity contribution is 5.65. The van der Waals surface area contributed by atoms with E-state index in [0.29, 0.717) is 13.0 Å². The Hall–Kier alpha value is -1.53. The van der Waals surface area contributed by atoms with E-state index in [2.05, 4.69) is 16.6 Å². The Kier molecular flexibility index (Phi) is 8.12. The van der Waals surface area contributed by atoms with Gasteiger partial charge in [0.15, 0.2) is 0 Å². The van der Waals surface area contributed by atoms with Crippen molar-refractivity contribution in [1.29, 1.82) is 0 Å². The van der Waals surface area contributed by atoms with Gasteiger partial charge in [-0.1, -0.05) is 24.0 Å². The predicted octanol–water partition coefficient (Wildman–Crippen LogP) is 1.44. The van der Waals surface area contributed by atoms with Crippen LogP contribution in [-0.2, 0) is 9.53 Å². The molecule has 0 saturated heterocycles. The molecule has 0 aliphatic carbocycles. The van der Waals surface area contributed by atoms with E-state index < -0.39 is 0 Å². The Bertz CT molecular complexity index is 303. The summed E-state index contributed by atoms with van der Waals surface area (Å²) in [6.07, 6.45) is 5.84. The number of ether oxygens (including phenoxy) is 1. The van der Waals surface area contributed by atoms with Crippen molar-refractivity contribution >= 4 is 5.97 Å². The van der Waals surface area contributed by atoms with Crippen LogP contribution in [0.3, 0.4) is 0 Å². The molecule has 82 valence electrons. The van der Waals surface area contributed by atoms with E-state index in [-0.39, 0.29) is 12.6 Å². The van der Waals surface area contributed by atoms with Crippen LogP contribution in [0, 0.1) is 11.8 Å². The highest BCUT2D eigenvalue weighted by atomic mass is 16.5. The highest BCUT2D eigenvalue weighted by Gasteiger charge is 1.85. The fourth-order valence-electron chi connectivity index (χ4n) is 0.754. The van der Waals surface area contributed by atoms with E-state index in [1.54, 1.807) is 12.2 Å². The van der Waals surface area contributed by atoms with Crippen molar-refractivity contribution in [3.8, 4) is 11.8 Å². The molecule has 0 aromatic rings. The van der Waals surface area contributed by atoms with Gasteiger partial charge in [0, 0.05) is 13.3 Å². The normalized spacial score (nSPS) is 11.0. The van der Waals surface area contributed by atoms with Gasteiger partial charge in [0.25, 0.3) is 0 Å². The molecule has 0 aliphatic heterocycles. The smallest absolute Gasteiger partial charge is 0.302 e. The Balaban J connectivity index is 3.69. The molecule has 0 unspecified atom stereocenters. The summed E-state index contributed by atoms with van der Waals surface area (Å²) in [4.78, 5) is 10.4. The molecule has 0 aromatic heterocycles. The number of allylic oxidation sites excluding steroid dienone is 2. The summed E-state index contributed by atoms with van der Waals surface area (Å²) in [6, 6.07) is 0. The van der Waals surface area contributed by atoms with Crippen molar-refractivity contribution in [2.24, 2.45) is 0 Å². The molecule has 0 radical (unpaired) electrons. The zero-order chi connectivity index (χ0) is 11.5. The van der Waals surface area contributed by atoms with Gasteiger partial charge in [-0.05, 0) is 18.6 Å². The summed E-state index contributed by atoms with van der Waals surface area (Å²) in [5, 5.41) is 8.55. The second-order valence-corrected chi connectivity index (χ2v) is 2.85. The number of hydrogen-bond acceptors (Lipinski definition) is 3. The van der Waals surface area contributed by atoms with Crippen LogP contribution in [0.2, 0.25) is 0 Å². The standard InChI is InChI=1S/C12H16O3/c1-11(8-9-13)7-5-3-4-6-10-15-12(2)14/h4,6,8,13H,3,9-10H2,1-2H3. The van der Waals surface area contributed by atoms with E-state index in [1.807, 2.05) is 13.0 Å². The Labute approximate surface area is 90.4 Å². The van der Waals surface area contributed by atoms with Crippen LogP contribution < -0.4 is 0 Å². The molecule has 0 atom stereocenters. The van der Waals surface area contributed by atoms with Crippen LogP contribution in [0.25, 0.3) is 0 Å². The van der Waals surface area contributed by atoms with Crippen LogP contribution in [0.4, 0.5) is 0 Å². The predicted molar refractivity (Wildman–Crippen MR) is 59.0 cm³/mol. The van der Waals surface area contributed by atoms with Gasteiger partial charge in [-0.3, -0.25) is 4.79 Å². The maximum absolute atomic E-state index is 10.4. The molecular formula is C12H16O3. The van der Waals surface area contributed by atoms with Crippen LogP contribution in [-0.4, -0.2) is 24.3 Å². The minimum atomic E-state index is -0.285. The maximum atomic E-state index is 10.4.